The van der Waals surface area contributed by atoms with Crippen LogP contribution in [0.3, 0.4) is 0 Å². The molecule has 0 aliphatic carbocycles. The molecule has 2 fully saturated rings. The third-order valence-corrected chi connectivity index (χ3v) is 2.93. The molecule has 15 heavy (non-hydrogen) atoms. The van der Waals surface area contributed by atoms with Gasteiger partial charge in [0.2, 0.25) is 5.91 Å². The lowest BCUT2D eigenvalue weighted by atomic mass is 10.1. The first kappa shape index (κ1) is 10.4. The second kappa shape index (κ2) is 3.79. The summed E-state index contributed by atoms with van der Waals surface area (Å²) in [7, 11) is 0. The van der Waals surface area contributed by atoms with Crippen LogP contribution in [0.25, 0.3) is 0 Å². The van der Waals surface area contributed by atoms with Crippen LogP contribution in [0.1, 0.15) is 6.42 Å². The van der Waals surface area contributed by atoms with Gasteiger partial charge in [-0.15, -0.1) is 0 Å². The number of rotatable bonds is 2. The van der Waals surface area contributed by atoms with E-state index < -0.39 is 18.0 Å². The van der Waals surface area contributed by atoms with E-state index in [1.165, 1.54) is 4.90 Å². The van der Waals surface area contributed by atoms with Gasteiger partial charge in [-0.25, -0.2) is 0 Å². The monoisotopic (exact) mass is 215 g/mol. The van der Waals surface area contributed by atoms with E-state index in [4.69, 9.17) is 9.84 Å². The highest BCUT2D eigenvalue weighted by molar-refractivity contribution is 5.86. The van der Waals surface area contributed by atoms with Gasteiger partial charge in [-0.1, -0.05) is 0 Å². The number of hydrogen-bond acceptors (Lipinski definition) is 4. The summed E-state index contributed by atoms with van der Waals surface area (Å²) in [5.41, 5.74) is 0. The Morgan fingerprint density at radius 2 is 2.20 bits per heavy atom. The van der Waals surface area contributed by atoms with Crippen LogP contribution in [0.5, 0.6) is 0 Å². The number of carboxylic acid groups (broad SMARTS) is 1. The zero-order valence-corrected chi connectivity index (χ0v) is 8.13. The van der Waals surface area contributed by atoms with Gasteiger partial charge in [0.05, 0.1) is 31.3 Å². The van der Waals surface area contributed by atoms with Crippen LogP contribution < -0.4 is 0 Å². The number of aliphatic carboxylic acids is 1. The van der Waals surface area contributed by atoms with E-state index in [2.05, 4.69) is 0 Å². The molecule has 6 heteroatoms. The predicted molar refractivity (Wildman–Crippen MR) is 48.1 cm³/mol. The molecule has 1 unspecified atom stereocenters. The molecule has 6 nitrogen and oxygen atoms in total. The molecule has 0 bridgehead atoms. The fourth-order valence-corrected chi connectivity index (χ4v) is 2.05. The number of ether oxygens (including phenoxy) is 1. The summed E-state index contributed by atoms with van der Waals surface area (Å²) < 4.78 is 5.03. The first-order valence-corrected chi connectivity index (χ1v) is 4.87. The number of hydrogen-bond donors (Lipinski definition) is 2. The van der Waals surface area contributed by atoms with Crippen molar-refractivity contribution < 1.29 is 24.5 Å². The number of aliphatic hydroxyl groups is 1. The van der Waals surface area contributed by atoms with Gasteiger partial charge in [-0.05, 0) is 0 Å². The van der Waals surface area contributed by atoms with Crippen LogP contribution >= 0.6 is 0 Å². The highest BCUT2D eigenvalue weighted by atomic mass is 16.5. The fourth-order valence-electron chi connectivity index (χ4n) is 2.05. The number of carboxylic acids is 1. The van der Waals surface area contributed by atoms with Gasteiger partial charge < -0.3 is 19.8 Å². The Kier molecular flexibility index (Phi) is 2.62. The van der Waals surface area contributed by atoms with Crippen molar-refractivity contribution in [3.05, 3.63) is 0 Å². The smallest absolute Gasteiger partial charge is 0.308 e. The minimum absolute atomic E-state index is 0.0263. The second-order valence-corrected chi connectivity index (χ2v) is 3.96. The average Bonchev–Trinajstić information content (AvgIpc) is 2.71. The van der Waals surface area contributed by atoms with Crippen LogP contribution in [0.4, 0.5) is 0 Å². The van der Waals surface area contributed by atoms with Gasteiger partial charge in [0.15, 0.2) is 0 Å². The molecule has 2 aliphatic heterocycles. The maximum absolute atomic E-state index is 11.5. The third kappa shape index (κ3) is 1.82. The van der Waals surface area contributed by atoms with Crippen molar-refractivity contribution in [3.8, 4) is 0 Å². The van der Waals surface area contributed by atoms with Crippen molar-refractivity contribution in [2.75, 3.05) is 19.8 Å². The summed E-state index contributed by atoms with van der Waals surface area (Å²) in [4.78, 5) is 23.7. The first-order chi connectivity index (χ1) is 7.09. The molecule has 0 aromatic rings. The molecular weight excluding hydrogens is 202 g/mol. The summed E-state index contributed by atoms with van der Waals surface area (Å²) in [5, 5.41) is 18.3. The zero-order chi connectivity index (χ0) is 11.0. The largest absolute Gasteiger partial charge is 0.481 e. The number of carbonyl (C=O) groups is 2. The summed E-state index contributed by atoms with van der Waals surface area (Å²) in [5.74, 6) is -1.82. The summed E-state index contributed by atoms with van der Waals surface area (Å²) in [6.45, 7) is 0.685. The minimum Gasteiger partial charge on any atom is -0.481 e. The van der Waals surface area contributed by atoms with Gasteiger partial charge in [0.1, 0.15) is 0 Å². The maximum atomic E-state index is 11.5. The van der Waals surface area contributed by atoms with E-state index >= 15 is 0 Å². The van der Waals surface area contributed by atoms with Crippen LogP contribution in [0, 0.1) is 5.92 Å². The zero-order valence-electron chi connectivity index (χ0n) is 8.13. The Bertz CT molecular complexity index is 292. The molecule has 2 aliphatic rings. The molecular formula is C9H13NO5. The molecule has 2 saturated heterocycles. The minimum atomic E-state index is -0.959. The van der Waals surface area contributed by atoms with Gasteiger partial charge in [0.25, 0.3) is 0 Å². The lowest BCUT2D eigenvalue weighted by Gasteiger charge is -2.25. The van der Waals surface area contributed by atoms with E-state index in [1.54, 1.807) is 0 Å². The van der Waals surface area contributed by atoms with Crippen molar-refractivity contribution in [3.63, 3.8) is 0 Å². The SMILES string of the molecule is O=C(O)C1CC(=O)N([C@@H]2COC[C@H]2O)C1. The van der Waals surface area contributed by atoms with Crippen molar-refractivity contribution in [1.29, 1.82) is 0 Å². The molecule has 2 rings (SSSR count). The van der Waals surface area contributed by atoms with Gasteiger partial charge in [-0.3, -0.25) is 9.59 Å². The Hall–Kier alpha value is -1.14. The van der Waals surface area contributed by atoms with E-state index in [9.17, 15) is 14.7 Å². The molecule has 3 atom stereocenters. The number of likely N-dealkylation sites (tertiary alicyclic amines) is 1. The summed E-state index contributed by atoms with van der Waals surface area (Å²) in [6, 6.07) is -0.373. The Morgan fingerprint density at radius 1 is 1.47 bits per heavy atom. The number of amides is 1. The maximum Gasteiger partial charge on any atom is 0.308 e. The van der Waals surface area contributed by atoms with Gasteiger partial charge in [-0.2, -0.15) is 0 Å². The topological polar surface area (TPSA) is 87.1 Å². The number of aliphatic hydroxyl groups excluding tert-OH is 1. The van der Waals surface area contributed by atoms with Gasteiger partial charge >= 0.3 is 5.97 Å². The van der Waals surface area contributed by atoms with Crippen LogP contribution in [-0.4, -0.2) is 58.9 Å². The van der Waals surface area contributed by atoms with Crippen LogP contribution in [0.2, 0.25) is 0 Å². The lowest BCUT2D eigenvalue weighted by Crippen LogP contribution is -2.44. The second-order valence-electron chi connectivity index (χ2n) is 3.96. The van der Waals surface area contributed by atoms with Crippen LogP contribution in [0.15, 0.2) is 0 Å². The predicted octanol–water partition coefficient (Wildman–Crippen LogP) is -1.32. The normalized spacial score (nSPS) is 36.2. The summed E-state index contributed by atoms with van der Waals surface area (Å²) in [6.07, 6.45) is -0.667. The van der Waals surface area contributed by atoms with Crippen LogP contribution in [-0.2, 0) is 14.3 Å². The molecule has 2 heterocycles. The molecule has 0 spiro atoms. The molecule has 0 aromatic heterocycles. The Balaban J connectivity index is 2.04. The highest BCUT2D eigenvalue weighted by Crippen LogP contribution is 2.24. The average molecular weight is 215 g/mol. The van der Waals surface area contributed by atoms with E-state index in [0.29, 0.717) is 6.61 Å². The van der Waals surface area contributed by atoms with E-state index in [1.807, 2.05) is 0 Å². The van der Waals surface area contributed by atoms with E-state index in [-0.39, 0.29) is 31.5 Å². The Labute approximate surface area is 86.4 Å². The summed E-state index contributed by atoms with van der Waals surface area (Å²) >= 11 is 0. The molecule has 0 aromatic carbocycles. The number of carbonyl (C=O) groups excluding carboxylic acids is 1. The molecule has 84 valence electrons. The molecule has 0 saturated carbocycles. The molecule has 2 N–H and O–H groups in total. The first-order valence-electron chi connectivity index (χ1n) is 4.87. The molecule has 0 radical (unpaired) electrons. The van der Waals surface area contributed by atoms with Crippen molar-refractivity contribution in [2.24, 2.45) is 5.92 Å². The van der Waals surface area contributed by atoms with Gasteiger partial charge in [0, 0.05) is 13.0 Å². The van der Waals surface area contributed by atoms with E-state index in [0.717, 1.165) is 0 Å². The quantitative estimate of drug-likeness (QED) is 0.596. The van der Waals surface area contributed by atoms with Crippen molar-refractivity contribution in [2.45, 2.75) is 18.6 Å². The fraction of sp³-hybridized carbons (Fsp3) is 0.778. The van der Waals surface area contributed by atoms with Crippen molar-refractivity contribution >= 4 is 11.9 Å². The molecule has 1 amide bonds. The number of nitrogens with zero attached hydrogens (tertiary/aromatic N) is 1. The highest BCUT2D eigenvalue weighted by Gasteiger charge is 2.42. The van der Waals surface area contributed by atoms with Crippen molar-refractivity contribution in [1.82, 2.24) is 4.90 Å². The third-order valence-electron chi connectivity index (χ3n) is 2.93. The Morgan fingerprint density at radius 3 is 2.67 bits per heavy atom. The standard InChI is InChI=1S/C9H13NO5/c11-7-4-15-3-6(7)10-2-5(9(13)14)1-8(10)12/h5-7,11H,1-4H2,(H,13,14)/t5?,6-,7-/m1/s1. The lowest BCUT2D eigenvalue weighted by molar-refractivity contribution is -0.141.